The smallest absolute Gasteiger partial charge is 0.268 e. The molecule has 1 amide bonds. The minimum Gasteiger partial charge on any atom is -0.356 e. The summed E-state index contributed by atoms with van der Waals surface area (Å²) in [7, 11) is 0. The molecule has 0 bridgehead atoms. The maximum Gasteiger partial charge on any atom is 0.268 e. The Morgan fingerprint density at radius 1 is 1.33 bits per heavy atom. The van der Waals surface area contributed by atoms with Crippen LogP contribution in [0.4, 0.5) is 0 Å². The molecule has 0 aliphatic heterocycles. The van der Waals surface area contributed by atoms with Gasteiger partial charge in [0.25, 0.3) is 5.56 Å². The number of hydrogen-bond acceptors (Lipinski definition) is 6. The Morgan fingerprint density at radius 3 is 2.70 bits per heavy atom. The molecule has 0 aliphatic carbocycles. The quantitative estimate of drug-likeness (QED) is 0.703. The molecule has 0 aliphatic rings. The minimum absolute atomic E-state index is 0.0152. The van der Waals surface area contributed by atoms with E-state index >= 15 is 0 Å². The highest BCUT2D eigenvalue weighted by Gasteiger charge is 2.19. The lowest BCUT2D eigenvalue weighted by Gasteiger charge is -2.17. The van der Waals surface area contributed by atoms with Crippen LogP contribution in [0.1, 0.15) is 26.5 Å². The lowest BCUT2D eigenvalue weighted by Crippen LogP contribution is -2.40. The van der Waals surface area contributed by atoms with E-state index in [1.54, 1.807) is 6.07 Å². The van der Waals surface area contributed by atoms with Gasteiger partial charge in [0, 0.05) is 18.2 Å². The van der Waals surface area contributed by atoms with Gasteiger partial charge in [-0.2, -0.15) is 5.10 Å². The Labute approximate surface area is 161 Å². The summed E-state index contributed by atoms with van der Waals surface area (Å²) in [5.74, 6) is 0.536. The van der Waals surface area contributed by atoms with E-state index in [9.17, 15) is 9.59 Å². The fourth-order valence-corrected chi connectivity index (χ4v) is 3.20. The second-order valence-electron chi connectivity index (χ2n) is 6.81. The highest BCUT2D eigenvalue weighted by Crippen LogP contribution is 2.32. The minimum atomic E-state index is -0.369. The number of carbonyl (C=O) groups is 1. The van der Waals surface area contributed by atoms with E-state index in [0.717, 1.165) is 4.88 Å². The molecular weight excluding hydrogens is 364 g/mol. The van der Waals surface area contributed by atoms with E-state index in [1.165, 1.54) is 22.1 Å². The maximum absolute atomic E-state index is 12.6. The standard InChI is InChI=1S/C19H22N4O3S/c1-11(2)13(4)20-17(24)10-23-18(25)9-14(15-8-12(3)22-26-15)19(21-23)16-6-5-7-27-16/h5-9,11,13H,10H2,1-4H3,(H,20,24)/t13-/m1/s1. The van der Waals surface area contributed by atoms with Gasteiger partial charge >= 0.3 is 0 Å². The van der Waals surface area contributed by atoms with Gasteiger partial charge in [-0.1, -0.05) is 25.1 Å². The fraction of sp³-hybridized carbons (Fsp3) is 0.368. The maximum atomic E-state index is 12.6. The zero-order chi connectivity index (χ0) is 19.6. The molecule has 0 saturated carbocycles. The van der Waals surface area contributed by atoms with Crippen molar-refractivity contribution >= 4 is 17.2 Å². The first-order chi connectivity index (χ1) is 12.8. The van der Waals surface area contributed by atoms with E-state index < -0.39 is 0 Å². The van der Waals surface area contributed by atoms with Crippen LogP contribution in [0, 0.1) is 12.8 Å². The molecule has 3 aromatic heterocycles. The average molecular weight is 386 g/mol. The molecule has 0 radical (unpaired) electrons. The Balaban J connectivity index is 1.98. The van der Waals surface area contributed by atoms with Crippen molar-refractivity contribution in [2.45, 2.75) is 40.3 Å². The molecule has 1 atom stereocenters. The van der Waals surface area contributed by atoms with Gasteiger partial charge in [0.05, 0.1) is 16.1 Å². The molecular formula is C19H22N4O3S. The van der Waals surface area contributed by atoms with Crippen LogP contribution in [0.3, 0.4) is 0 Å². The molecule has 0 spiro atoms. The number of aryl methyl sites for hydroxylation is 1. The predicted molar refractivity (Wildman–Crippen MR) is 104 cm³/mol. The summed E-state index contributed by atoms with van der Waals surface area (Å²) >= 11 is 1.50. The molecule has 0 aromatic carbocycles. The van der Waals surface area contributed by atoms with Gasteiger partial charge in [-0.05, 0) is 31.2 Å². The summed E-state index contributed by atoms with van der Waals surface area (Å²) in [6.07, 6.45) is 0. The number of thiophene rings is 1. The van der Waals surface area contributed by atoms with Crippen molar-refractivity contribution in [3.8, 4) is 21.9 Å². The van der Waals surface area contributed by atoms with Gasteiger partial charge in [0.1, 0.15) is 12.2 Å². The summed E-state index contributed by atoms with van der Waals surface area (Å²) in [5.41, 5.74) is 1.50. The number of rotatable bonds is 6. The molecule has 3 rings (SSSR count). The van der Waals surface area contributed by atoms with Gasteiger partial charge in [-0.15, -0.1) is 11.3 Å². The monoisotopic (exact) mass is 386 g/mol. The molecule has 8 heteroatoms. The summed E-state index contributed by atoms with van der Waals surface area (Å²) in [6.45, 7) is 7.67. The molecule has 0 fully saturated rings. The van der Waals surface area contributed by atoms with Crippen LogP contribution in [-0.2, 0) is 11.3 Å². The summed E-state index contributed by atoms with van der Waals surface area (Å²) < 4.78 is 6.52. The van der Waals surface area contributed by atoms with Gasteiger partial charge in [-0.25, -0.2) is 4.68 Å². The summed E-state index contributed by atoms with van der Waals surface area (Å²) in [4.78, 5) is 25.7. The van der Waals surface area contributed by atoms with Crippen LogP contribution in [-0.4, -0.2) is 26.9 Å². The number of amides is 1. The number of hydrogen-bond donors (Lipinski definition) is 1. The van der Waals surface area contributed by atoms with Crippen LogP contribution in [0.5, 0.6) is 0 Å². The molecule has 7 nitrogen and oxygen atoms in total. The lowest BCUT2D eigenvalue weighted by molar-refractivity contribution is -0.122. The molecule has 0 saturated heterocycles. The third-order valence-corrected chi connectivity index (χ3v) is 5.20. The Kier molecular flexibility index (Phi) is 5.55. The molecule has 3 aromatic rings. The van der Waals surface area contributed by atoms with E-state index in [-0.39, 0.29) is 24.1 Å². The van der Waals surface area contributed by atoms with Crippen molar-refractivity contribution < 1.29 is 9.32 Å². The topological polar surface area (TPSA) is 90.0 Å². The van der Waals surface area contributed by atoms with Gasteiger partial charge in [0.2, 0.25) is 5.91 Å². The van der Waals surface area contributed by atoms with Crippen molar-refractivity contribution in [2.75, 3.05) is 0 Å². The molecule has 142 valence electrons. The van der Waals surface area contributed by atoms with E-state index in [1.807, 2.05) is 45.2 Å². The second-order valence-corrected chi connectivity index (χ2v) is 7.76. The van der Waals surface area contributed by atoms with Gasteiger partial charge in [0.15, 0.2) is 5.76 Å². The highest BCUT2D eigenvalue weighted by molar-refractivity contribution is 7.13. The van der Waals surface area contributed by atoms with Gasteiger partial charge in [-0.3, -0.25) is 9.59 Å². The van der Waals surface area contributed by atoms with Crippen molar-refractivity contribution in [1.29, 1.82) is 0 Å². The molecule has 3 heterocycles. The summed E-state index contributed by atoms with van der Waals surface area (Å²) in [6, 6.07) is 7.04. The molecule has 27 heavy (non-hydrogen) atoms. The van der Waals surface area contributed by atoms with Crippen LogP contribution in [0.25, 0.3) is 21.9 Å². The van der Waals surface area contributed by atoms with Crippen molar-refractivity contribution in [2.24, 2.45) is 5.92 Å². The average Bonchev–Trinajstić information content (AvgIpc) is 3.27. The Morgan fingerprint density at radius 2 is 2.11 bits per heavy atom. The number of carbonyl (C=O) groups excluding carboxylic acids is 1. The number of nitrogens with zero attached hydrogens (tertiary/aromatic N) is 3. The second kappa shape index (κ2) is 7.87. The third-order valence-electron chi connectivity index (χ3n) is 4.33. The SMILES string of the molecule is Cc1cc(-c2cc(=O)n(CC(=O)N[C@H](C)C(C)C)nc2-c2cccs2)on1. The van der Waals surface area contributed by atoms with Crippen molar-refractivity contribution in [3.63, 3.8) is 0 Å². The van der Waals surface area contributed by atoms with E-state index in [2.05, 4.69) is 15.6 Å². The largest absolute Gasteiger partial charge is 0.356 e. The van der Waals surface area contributed by atoms with Crippen LogP contribution >= 0.6 is 11.3 Å². The van der Waals surface area contributed by atoms with Crippen molar-refractivity contribution in [3.05, 3.63) is 45.7 Å². The van der Waals surface area contributed by atoms with Crippen LogP contribution < -0.4 is 10.9 Å². The third kappa shape index (κ3) is 4.33. The summed E-state index contributed by atoms with van der Waals surface area (Å²) in [5, 5.41) is 13.2. The Bertz CT molecular complexity index is 989. The predicted octanol–water partition coefficient (Wildman–Crippen LogP) is 3.10. The van der Waals surface area contributed by atoms with E-state index in [0.29, 0.717) is 28.6 Å². The Hall–Kier alpha value is -2.74. The molecule has 0 unspecified atom stereocenters. The van der Waals surface area contributed by atoms with Crippen molar-refractivity contribution in [1.82, 2.24) is 20.3 Å². The lowest BCUT2D eigenvalue weighted by atomic mass is 10.1. The zero-order valence-electron chi connectivity index (χ0n) is 15.7. The zero-order valence-corrected chi connectivity index (χ0v) is 16.5. The first-order valence-electron chi connectivity index (χ1n) is 8.74. The van der Waals surface area contributed by atoms with Gasteiger partial charge < -0.3 is 9.84 Å². The molecule has 1 N–H and O–H groups in total. The van der Waals surface area contributed by atoms with Crippen LogP contribution in [0.15, 0.2) is 39.0 Å². The first kappa shape index (κ1) is 19.0. The fourth-order valence-electron chi connectivity index (χ4n) is 2.48. The highest BCUT2D eigenvalue weighted by atomic mass is 32.1. The van der Waals surface area contributed by atoms with Crippen LogP contribution in [0.2, 0.25) is 0 Å². The normalized spacial score (nSPS) is 12.3. The first-order valence-corrected chi connectivity index (χ1v) is 9.62. The number of nitrogens with one attached hydrogen (secondary N) is 1. The van der Waals surface area contributed by atoms with E-state index in [4.69, 9.17) is 4.52 Å². The number of aromatic nitrogens is 3.